The van der Waals surface area contributed by atoms with Gasteiger partial charge in [0.15, 0.2) is 0 Å². The molecule has 180 valence electrons. The standard InChI is InChI=1S/C22H34N2O8/c1-5-24(14-18(26)16-8-7-9-17(25)12-16)21(29)31-15-30-20(28)10-11-23-19(27)13-22(3,4)32-6-2/h7-9,12,18,25-26H,5-6,10-11,13-15H2,1-4H3,(H,23,27). The number of aromatic hydroxyl groups is 1. The third-order valence-electron chi connectivity index (χ3n) is 4.46. The molecular weight excluding hydrogens is 420 g/mol. The number of hydrogen-bond acceptors (Lipinski definition) is 8. The van der Waals surface area contributed by atoms with Gasteiger partial charge in [-0.05, 0) is 45.4 Å². The van der Waals surface area contributed by atoms with Crippen LogP contribution in [0.15, 0.2) is 24.3 Å². The van der Waals surface area contributed by atoms with Crippen LogP contribution in [0.4, 0.5) is 4.79 Å². The minimum absolute atomic E-state index is 0.00767. The fourth-order valence-electron chi connectivity index (χ4n) is 2.88. The Bertz CT molecular complexity index is 753. The van der Waals surface area contributed by atoms with Gasteiger partial charge < -0.3 is 34.6 Å². The molecule has 0 saturated carbocycles. The monoisotopic (exact) mass is 454 g/mol. The third kappa shape index (κ3) is 10.5. The summed E-state index contributed by atoms with van der Waals surface area (Å²) in [6.45, 7) is 7.37. The van der Waals surface area contributed by atoms with Crippen LogP contribution in [0.5, 0.6) is 5.75 Å². The second-order valence-electron chi connectivity index (χ2n) is 7.66. The topological polar surface area (TPSA) is 135 Å². The SMILES string of the molecule is CCOC(C)(C)CC(=O)NCCC(=O)OCOC(=O)N(CC)CC(O)c1cccc(O)c1. The number of phenols is 1. The first-order chi connectivity index (χ1) is 15.1. The molecule has 0 aromatic heterocycles. The van der Waals surface area contributed by atoms with Crippen LogP contribution in [0.25, 0.3) is 0 Å². The summed E-state index contributed by atoms with van der Waals surface area (Å²) >= 11 is 0. The van der Waals surface area contributed by atoms with Gasteiger partial charge in [0, 0.05) is 19.7 Å². The van der Waals surface area contributed by atoms with E-state index in [4.69, 9.17) is 14.2 Å². The first-order valence-corrected chi connectivity index (χ1v) is 10.5. The van der Waals surface area contributed by atoms with E-state index in [0.29, 0.717) is 12.2 Å². The van der Waals surface area contributed by atoms with E-state index in [2.05, 4.69) is 5.32 Å². The highest BCUT2D eigenvalue weighted by atomic mass is 16.7. The summed E-state index contributed by atoms with van der Waals surface area (Å²) < 4.78 is 15.2. The summed E-state index contributed by atoms with van der Waals surface area (Å²) in [6.07, 6.45) is -1.69. The maximum Gasteiger partial charge on any atom is 0.412 e. The van der Waals surface area contributed by atoms with Gasteiger partial charge in [-0.15, -0.1) is 0 Å². The molecule has 0 bridgehead atoms. The highest BCUT2D eigenvalue weighted by molar-refractivity contribution is 5.78. The molecule has 1 aromatic rings. The van der Waals surface area contributed by atoms with Gasteiger partial charge in [0.25, 0.3) is 0 Å². The fraction of sp³-hybridized carbons (Fsp3) is 0.591. The molecule has 0 saturated heterocycles. The Hall–Kier alpha value is -2.85. The van der Waals surface area contributed by atoms with E-state index in [1.165, 1.54) is 17.0 Å². The lowest BCUT2D eigenvalue weighted by Gasteiger charge is -2.23. The zero-order valence-corrected chi connectivity index (χ0v) is 19.1. The Morgan fingerprint density at radius 1 is 1.19 bits per heavy atom. The van der Waals surface area contributed by atoms with Crippen LogP contribution >= 0.6 is 0 Å². The summed E-state index contributed by atoms with van der Waals surface area (Å²) in [4.78, 5) is 37.0. The molecule has 0 spiro atoms. The van der Waals surface area contributed by atoms with E-state index in [0.717, 1.165) is 0 Å². The number of esters is 1. The number of benzene rings is 1. The fourth-order valence-corrected chi connectivity index (χ4v) is 2.88. The number of aliphatic hydroxyl groups is 1. The zero-order chi connectivity index (χ0) is 24.1. The molecule has 10 heteroatoms. The average molecular weight is 455 g/mol. The zero-order valence-electron chi connectivity index (χ0n) is 19.1. The Morgan fingerprint density at radius 3 is 2.53 bits per heavy atom. The van der Waals surface area contributed by atoms with Crippen molar-refractivity contribution in [3.63, 3.8) is 0 Å². The van der Waals surface area contributed by atoms with Crippen molar-refractivity contribution in [1.82, 2.24) is 10.2 Å². The number of nitrogens with zero attached hydrogens (tertiary/aromatic N) is 1. The van der Waals surface area contributed by atoms with Crippen molar-refractivity contribution in [2.45, 2.75) is 52.2 Å². The van der Waals surface area contributed by atoms with Crippen LogP contribution in [0.1, 0.15) is 52.2 Å². The Labute approximate surface area is 188 Å². The molecule has 0 radical (unpaired) electrons. The molecule has 10 nitrogen and oxygen atoms in total. The quantitative estimate of drug-likeness (QED) is 0.305. The number of nitrogens with one attached hydrogen (secondary N) is 1. The molecule has 1 rings (SSSR count). The molecule has 0 aliphatic carbocycles. The normalized spacial score (nSPS) is 12.0. The van der Waals surface area contributed by atoms with Crippen LogP contribution in [-0.2, 0) is 23.8 Å². The number of hydrogen-bond donors (Lipinski definition) is 3. The lowest BCUT2D eigenvalue weighted by Crippen LogP contribution is -2.36. The van der Waals surface area contributed by atoms with Crippen LogP contribution in [0.3, 0.4) is 0 Å². The number of carbonyl (C=O) groups is 3. The molecule has 1 atom stereocenters. The second kappa shape index (κ2) is 13.5. The van der Waals surface area contributed by atoms with Crippen LogP contribution in [0, 0.1) is 0 Å². The van der Waals surface area contributed by atoms with E-state index in [9.17, 15) is 24.6 Å². The Kier molecular flexibility index (Phi) is 11.5. The van der Waals surface area contributed by atoms with E-state index >= 15 is 0 Å². The number of ether oxygens (including phenoxy) is 3. The predicted octanol–water partition coefficient (Wildman–Crippen LogP) is 2.10. The van der Waals surface area contributed by atoms with E-state index < -0.39 is 30.6 Å². The highest BCUT2D eigenvalue weighted by Crippen LogP contribution is 2.19. The van der Waals surface area contributed by atoms with Crippen molar-refractivity contribution in [1.29, 1.82) is 0 Å². The maximum atomic E-state index is 12.2. The van der Waals surface area contributed by atoms with Crippen LogP contribution < -0.4 is 5.32 Å². The first kappa shape index (κ1) is 27.2. The summed E-state index contributed by atoms with van der Waals surface area (Å²) in [6, 6.07) is 6.10. The van der Waals surface area contributed by atoms with Gasteiger partial charge in [-0.2, -0.15) is 0 Å². The summed E-state index contributed by atoms with van der Waals surface area (Å²) in [7, 11) is 0. The van der Waals surface area contributed by atoms with Gasteiger partial charge in [0.05, 0.1) is 31.1 Å². The predicted molar refractivity (Wildman–Crippen MR) is 116 cm³/mol. The van der Waals surface area contributed by atoms with E-state index in [1.807, 2.05) is 6.92 Å². The van der Waals surface area contributed by atoms with Crippen LogP contribution in [-0.4, -0.2) is 71.7 Å². The van der Waals surface area contributed by atoms with Crippen molar-refractivity contribution in [3.05, 3.63) is 29.8 Å². The Balaban J connectivity index is 2.31. The molecule has 0 aliphatic heterocycles. The van der Waals surface area contributed by atoms with Crippen molar-refractivity contribution in [3.8, 4) is 5.75 Å². The molecule has 3 N–H and O–H groups in total. The number of likely N-dealkylation sites (N-methyl/N-ethyl adjacent to an activating group) is 1. The smallest absolute Gasteiger partial charge is 0.412 e. The Morgan fingerprint density at radius 2 is 1.91 bits per heavy atom. The summed E-state index contributed by atoms with van der Waals surface area (Å²) in [5.74, 6) is -0.871. The van der Waals surface area contributed by atoms with E-state index in [1.54, 1.807) is 32.9 Å². The number of rotatable bonds is 13. The summed E-state index contributed by atoms with van der Waals surface area (Å²) in [5.41, 5.74) is -0.137. The van der Waals surface area contributed by atoms with Gasteiger partial charge in [-0.3, -0.25) is 9.59 Å². The largest absolute Gasteiger partial charge is 0.508 e. The average Bonchev–Trinajstić information content (AvgIpc) is 2.71. The number of carbonyl (C=O) groups excluding carboxylic acids is 3. The first-order valence-electron chi connectivity index (χ1n) is 10.5. The van der Waals surface area contributed by atoms with Crippen LogP contribution in [0.2, 0.25) is 0 Å². The van der Waals surface area contributed by atoms with Gasteiger partial charge in [-0.1, -0.05) is 12.1 Å². The maximum absolute atomic E-state index is 12.2. The van der Waals surface area contributed by atoms with Crippen molar-refractivity contribution in [2.24, 2.45) is 0 Å². The van der Waals surface area contributed by atoms with Gasteiger partial charge >= 0.3 is 12.1 Å². The van der Waals surface area contributed by atoms with Gasteiger partial charge in [0.1, 0.15) is 5.75 Å². The molecule has 0 aliphatic rings. The second-order valence-corrected chi connectivity index (χ2v) is 7.66. The minimum Gasteiger partial charge on any atom is -0.508 e. The number of aliphatic hydroxyl groups excluding tert-OH is 1. The summed E-state index contributed by atoms with van der Waals surface area (Å²) in [5, 5.41) is 22.4. The molecule has 0 fully saturated rings. The van der Waals surface area contributed by atoms with Gasteiger partial charge in [-0.25, -0.2) is 4.79 Å². The number of phenolic OH excluding ortho intramolecular Hbond substituents is 1. The molecule has 1 unspecified atom stereocenters. The molecular formula is C22H34N2O8. The van der Waals surface area contributed by atoms with E-state index in [-0.39, 0.29) is 44.1 Å². The van der Waals surface area contributed by atoms with Crippen molar-refractivity contribution >= 4 is 18.0 Å². The lowest BCUT2D eigenvalue weighted by molar-refractivity contribution is -0.152. The molecule has 2 amide bonds. The highest BCUT2D eigenvalue weighted by Gasteiger charge is 2.22. The molecule has 1 aromatic carbocycles. The van der Waals surface area contributed by atoms with Gasteiger partial charge in [0.2, 0.25) is 12.7 Å². The van der Waals surface area contributed by atoms with Crippen molar-refractivity contribution < 1.29 is 38.8 Å². The minimum atomic E-state index is -1.02. The third-order valence-corrected chi connectivity index (χ3v) is 4.46. The lowest BCUT2D eigenvalue weighted by atomic mass is 10.0. The molecule has 32 heavy (non-hydrogen) atoms. The number of amides is 2. The van der Waals surface area contributed by atoms with Crippen molar-refractivity contribution in [2.75, 3.05) is 33.0 Å². The molecule has 0 heterocycles.